The SMILES string of the molecule is CCC(CO)C(CC(C)C)NC. The lowest BCUT2D eigenvalue weighted by Gasteiger charge is -2.25. The molecule has 0 saturated carbocycles. The maximum atomic E-state index is 9.10. The van der Waals surface area contributed by atoms with Gasteiger partial charge in [0.1, 0.15) is 0 Å². The fourth-order valence-corrected chi connectivity index (χ4v) is 1.59. The lowest BCUT2D eigenvalue weighted by Crippen LogP contribution is -2.36. The Kier molecular flexibility index (Phi) is 6.39. The van der Waals surface area contributed by atoms with Gasteiger partial charge in [-0.15, -0.1) is 0 Å². The molecule has 2 atom stereocenters. The fourth-order valence-electron chi connectivity index (χ4n) is 1.59. The van der Waals surface area contributed by atoms with E-state index in [2.05, 4.69) is 26.1 Å². The van der Waals surface area contributed by atoms with Gasteiger partial charge in [0.2, 0.25) is 0 Å². The fraction of sp³-hybridized carbons (Fsp3) is 1.00. The molecule has 0 aliphatic rings. The van der Waals surface area contributed by atoms with Gasteiger partial charge in [-0.2, -0.15) is 0 Å². The largest absolute Gasteiger partial charge is 0.396 e. The third kappa shape index (κ3) is 4.07. The Morgan fingerprint density at radius 2 is 1.92 bits per heavy atom. The van der Waals surface area contributed by atoms with Crippen molar-refractivity contribution < 1.29 is 5.11 Å². The van der Waals surface area contributed by atoms with Gasteiger partial charge in [-0.25, -0.2) is 0 Å². The summed E-state index contributed by atoms with van der Waals surface area (Å²) in [5.41, 5.74) is 0. The Hall–Kier alpha value is -0.0800. The molecule has 0 aromatic heterocycles. The zero-order chi connectivity index (χ0) is 9.56. The maximum absolute atomic E-state index is 9.10. The zero-order valence-corrected chi connectivity index (χ0v) is 8.80. The van der Waals surface area contributed by atoms with E-state index >= 15 is 0 Å². The predicted molar refractivity (Wildman–Crippen MR) is 53.2 cm³/mol. The first-order valence-electron chi connectivity index (χ1n) is 4.93. The van der Waals surface area contributed by atoms with Crippen LogP contribution in [0.3, 0.4) is 0 Å². The minimum Gasteiger partial charge on any atom is -0.396 e. The average Bonchev–Trinajstić information content (AvgIpc) is 2.04. The maximum Gasteiger partial charge on any atom is 0.0474 e. The van der Waals surface area contributed by atoms with Crippen LogP contribution in [0.25, 0.3) is 0 Å². The van der Waals surface area contributed by atoms with Crippen LogP contribution < -0.4 is 5.32 Å². The molecule has 0 fully saturated rings. The number of aliphatic hydroxyl groups excluding tert-OH is 1. The van der Waals surface area contributed by atoms with E-state index in [0.717, 1.165) is 12.8 Å². The van der Waals surface area contributed by atoms with Gasteiger partial charge in [0.05, 0.1) is 0 Å². The minimum absolute atomic E-state index is 0.300. The van der Waals surface area contributed by atoms with Crippen LogP contribution in [0.15, 0.2) is 0 Å². The van der Waals surface area contributed by atoms with Crippen LogP contribution in [-0.4, -0.2) is 24.8 Å². The molecule has 0 heterocycles. The van der Waals surface area contributed by atoms with Gasteiger partial charge in [-0.3, -0.25) is 0 Å². The number of hydrogen-bond acceptors (Lipinski definition) is 2. The second-order valence-electron chi connectivity index (χ2n) is 3.88. The smallest absolute Gasteiger partial charge is 0.0474 e. The normalized spacial score (nSPS) is 16.5. The Morgan fingerprint density at radius 3 is 2.17 bits per heavy atom. The molecule has 0 aliphatic heterocycles. The molecule has 0 rings (SSSR count). The molecule has 0 radical (unpaired) electrons. The lowest BCUT2D eigenvalue weighted by molar-refractivity contribution is 0.177. The predicted octanol–water partition coefficient (Wildman–Crippen LogP) is 1.64. The van der Waals surface area contributed by atoms with Crippen molar-refractivity contribution in [2.24, 2.45) is 11.8 Å². The molecule has 0 spiro atoms. The van der Waals surface area contributed by atoms with E-state index in [4.69, 9.17) is 5.11 Å². The summed E-state index contributed by atoms with van der Waals surface area (Å²) in [4.78, 5) is 0. The van der Waals surface area contributed by atoms with E-state index in [1.165, 1.54) is 0 Å². The van der Waals surface area contributed by atoms with Gasteiger partial charge < -0.3 is 10.4 Å². The van der Waals surface area contributed by atoms with E-state index < -0.39 is 0 Å². The van der Waals surface area contributed by atoms with Crippen molar-refractivity contribution in [3.8, 4) is 0 Å². The Bertz CT molecular complexity index is 100. The van der Waals surface area contributed by atoms with Crippen molar-refractivity contribution >= 4 is 0 Å². The summed E-state index contributed by atoms with van der Waals surface area (Å²) < 4.78 is 0. The highest BCUT2D eigenvalue weighted by atomic mass is 16.3. The first-order chi connectivity index (χ1) is 5.65. The van der Waals surface area contributed by atoms with Gasteiger partial charge in [-0.05, 0) is 31.7 Å². The summed E-state index contributed by atoms with van der Waals surface area (Å²) >= 11 is 0. The summed E-state index contributed by atoms with van der Waals surface area (Å²) in [6, 6.07) is 0.472. The van der Waals surface area contributed by atoms with Crippen molar-refractivity contribution in [3.05, 3.63) is 0 Å². The van der Waals surface area contributed by atoms with E-state index in [1.807, 2.05) is 7.05 Å². The molecule has 2 unspecified atom stereocenters. The molecule has 0 amide bonds. The molecule has 0 aliphatic carbocycles. The Labute approximate surface area is 76.4 Å². The van der Waals surface area contributed by atoms with Crippen molar-refractivity contribution in [3.63, 3.8) is 0 Å². The number of aliphatic hydroxyl groups is 1. The summed E-state index contributed by atoms with van der Waals surface area (Å²) in [6.45, 7) is 6.86. The summed E-state index contributed by atoms with van der Waals surface area (Å²) in [5.74, 6) is 1.11. The number of nitrogens with one attached hydrogen (secondary N) is 1. The molecular weight excluding hydrogens is 150 g/mol. The van der Waals surface area contributed by atoms with Crippen LogP contribution >= 0.6 is 0 Å². The first kappa shape index (κ1) is 11.9. The highest BCUT2D eigenvalue weighted by Gasteiger charge is 2.17. The number of rotatable bonds is 6. The van der Waals surface area contributed by atoms with E-state index in [0.29, 0.717) is 24.5 Å². The van der Waals surface area contributed by atoms with E-state index in [9.17, 15) is 0 Å². The van der Waals surface area contributed by atoms with Crippen LogP contribution in [0.2, 0.25) is 0 Å². The topological polar surface area (TPSA) is 32.3 Å². The molecule has 2 heteroatoms. The summed E-state index contributed by atoms with van der Waals surface area (Å²) in [7, 11) is 1.98. The Balaban J connectivity index is 3.92. The van der Waals surface area contributed by atoms with Crippen LogP contribution in [0.4, 0.5) is 0 Å². The van der Waals surface area contributed by atoms with Gasteiger partial charge >= 0.3 is 0 Å². The molecule has 74 valence electrons. The number of hydrogen-bond donors (Lipinski definition) is 2. The molecule has 0 saturated heterocycles. The van der Waals surface area contributed by atoms with Crippen molar-refractivity contribution in [2.75, 3.05) is 13.7 Å². The standard InChI is InChI=1S/C10H23NO/c1-5-9(7-12)10(11-4)6-8(2)3/h8-12H,5-7H2,1-4H3. The van der Waals surface area contributed by atoms with Crippen molar-refractivity contribution in [1.29, 1.82) is 0 Å². The molecule has 12 heavy (non-hydrogen) atoms. The van der Waals surface area contributed by atoms with Crippen molar-refractivity contribution in [1.82, 2.24) is 5.32 Å². The molecule has 2 N–H and O–H groups in total. The second kappa shape index (κ2) is 6.44. The van der Waals surface area contributed by atoms with Gasteiger partial charge in [0.15, 0.2) is 0 Å². The quantitative estimate of drug-likeness (QED) is 0.640. The molecule has 0 aromatic carbocycles. The third-order valence-corrected chi connectivity index (χ3v) is 2.42. The summed E-state index contributed by atoms with van der Waals surface area (Å²) in [5, 5.41) is 12.4. The highest BCUT2D eigenvalue weighted by Crippen LogP contribution is 2.15. The van der Waals surface area contributed by atoms with Crippen LogP contribution in [0, 0.1) is 11.8 Å². The van der Waals surface area contributed by atoms with Gasteiger partial charge in [0, 0.05) is 12.6 Å². The molecule has 2 nitrogen and oxygen atoms in total. The van der Waals surface area contributed by atoms with E-state index in [1.54, 1.807) is 0 Å². The Morgan fingerprint density at radius 1 is 1.33 bits per heavy atom. The van der Waals surface area contributed by atoms with Crippen molar-refractivity contribution in [2.45, 2.75) is 39.7 Å². The molecule has 0 aromatic rings. The average molecular weight is 173 g/mol. The van der Waals surface area contributed by atoms with Gasteiger partial charge in [0.25, 0.3) is 0 Å². The lowest BCUT2D eigenvalue weighted by atomic mass is 9.91. The zero-order valence-electron chi connectivity index (χ0n) is 8.80. The minimum atomic E-state index is 0.300. The monoisotopic (exact) mass is 173 g/mol. The first-order valence-corrected chi connectivity index (χ1v) is 4.93. The molecule has 0 bridgehead atoms. The highest BCUT2D eigenvalue weighted by molar-refractivity contribution is 4.74. The molecular formula is C10H23NO. The van der Waals surface area contributed by atoms with E-state index in [-0.39, 0.29) is 0 Å². The van der Waals surface area contributed by atoms with Crippen LogP contribution in [-0.2, 0) is 0 Å². The van der Waals surface area contributed by atoms with Crippen LogP contribution in [0.1, 0.15) is 33.6 Å². The van der Waals surface area contributed by atoms with Gasteiger partial charge in [-0.1, -0.05) is 20.8 Å². The van der Waals surface area contributed by atoms with Crippen LogP contribution in [0.5, 0.6) is 0 Å². The third-order valence-electron chi connectivity index (χ3n) is 2.42. The second-order valence-corrected chi connectivity index (χ2v) is 3.88. The summed E-state index contributed by atoms with van der Waals surface area (Å²) in [6.07, 6.45) is 2.20.